The van der Waals surface area contributed by atoms with E-state index in [1.165, 1.54) is 10.8 Å². The Hall–Kier alpha value is -3.47. The average molecular weight is 337 g/mol. The number of H-pyrrole nitrogens is 1. The molecular weight excluding hydrogens is 322 g/mol. The molecule has 3 aromatic rings. The van der Waals surface area contributed by atoms with E-state index < -0.39 is 11.2 Å². The summed E-state index contributed by atoms with van der Waals surface area (Å²) in [5.41, 5.74) is -0.413. The second-order valence-corrected chi connectivity index (χ2v) is 5.60. The molecule has 1 N–H and O–H groups in total. The topological polar surface area (TPSA) is 114 Å². The fourth-order valence-corrected chi connectivity index (χ4v) is 2.67. The molecule has 2 aromatic heterocycles. The van der Waals surface area contributed by atoms with Crippen molar-refractivity contribution >= 4 is 10.9 Å². The highest BCUT2D eigenvalue weighted by molar-refractivity contribution is 5.80. The van der Waals surface area contributed by atoms with Gasteiger partial charge in [0.05, 0.1) is 17.4 Å². The van der Waals surface area contributed by atoms with Gasteiger partial charge in [-0.05, 0) is 25.5 Å². The number of rotatable bonds is 3. The Balaban J connectivity index is 2.22. The highest BCUT2D eigenvalue weighted by Crippen LogP contribution is 2.11. The van der Waals surface area contributed by atoms with E-state index in [1.54, 1.807) is 25.1 Å². The molecule has 1 aromatic carbocycles. The Morgan fingerprint density at radius 2 is 2.04 bits per heavy atom. The van der Waals surface area contributed by atoms with Crippen LogP contribution in [0.4, 0.5) is 0 Å². The minimum atomic E-state index is -0.704. The summed E-state index contributed by atoms with van der Waals surface area (Å²) in [6, 6.07) is 7.03. The first-order valence-corrected chi connectivity index (χ1v) is 7.69. The fourth-order valence-electron chi connectivity index (χ4n) is 2.67. The lowest BCUT2D eigenvalue weighted by Gasteiger charge is -2.10. The molecule has 0 saturated heterocycles. The highest BCUT2D eigenvalue weighted by Gasteiger charge is 2.13. The van der Waals surface area contributed by atoms with E-state index in [2.05, 4.69) is 9.97 Å². The Morgan fingerprint density at radius 3 is 2.72 bits per heavy atom. The number of aromatic nitrogens is 4. The summed E-state index contributed by atoms with van der Waals surface area (Å²) in [4.78, 5) is 43.9. The molecular formula is C17H15N5O3. The van der Waals surface area contributed by atoms with Crippen molar-refractivity contribution in [3.05, 3.63) is 72.5 Å². The van der Waals surface area contributed by atoms with Crippen LogP contribution in [-0.2, 0) is 13.1 Å². The van der Waals surface area contributed by atoms with Gasteiger partial charge in [0, 0.05) is 12.7 Å². The smallest absolute Gasteiger partial charge is 0.308 e. The molecule has 0 aliphatic carbocycles. The lowest BCUT2D eigenvalue weighted by Crippen LogP contribution is -2.41. The number of para-hydroxylation sites is 1. The standard InChI is InChI=1S/C17H15N5O3/c1-3-21-8-11(7-18)16(24)22(17(21)25)9-13-19-14-10(2)5-4-6-12(14)15(23)20-13/h4-6,8H,3,9H2,1-2H3,(H,19,20,23). The van der Waals surface area contributed by atoms with Gasteiger partial charge in [-0.15, -0.1) is 0 Å². The minimum absolute atomic E-state index is 0.138. The first kappa shape index (κ1) is 16.4. The number of nitriles is 1. The van der Waals surface area contributed by atoms with E-state index in [-0.39, 0.29) is 23.5 Å². The van der Waals surface area contributed by atoms with Gasteiger partial charge in [-0.2, -0.15) is 5.26 Å². The lowest BCUT2D eigenvalue weighted by atomic mass is 10.1. The van der Waals surface area contributed by atoms with Crippen molar-refractivity contribution in [2.75, 3.05) is 0 Å². The minimum Gasteiger partial charge on any atom is -0.308 e. The number of nitrogens with one attached hydrogen (secondary N) is 1. The van der Waals surface area contributed by atoms with Gasteiger partial charge < -0.3 is 4.98 Å². The second-order valence-electron chi connectivity index (χ2n) is 5.60. The number of nitrogens with zero attached hydrogens (tertiary/aromatic N) is 4. The lowest BCUT2D eigenvalue weighted by molar-refractivity contribution is 0.585. The van der Waals surface area contributed by atoms with Crippen molar-refractivity contribution in [2.24, 2.45) is 0 Å². The van der Waals surface area contributed by atoms with Gasteiger partial charge in [-0.1, -0.05) is 12.1 Å². The molecule has 8 nitrogen and oxygen atoms in total. The second kappa shape index (κ2) is 6.20. The zero-order chi connectivity index (χ0) is 18.1. The van der Waals surface area contributed by atoms with E-state index in [4.69, 9.17) is 5.26 Å². The van der Waals surface area contributed by atoms with Crippen LogP contribution in [0.5, 0.6) is 0 Å². The quantitative estimate of drug-likeness (QED) is 0.747. The largest absolute Gasteiger partial charge is 0.331 e. The molecule has 126 valence electrons. The molecule has 0 atom stereocenters. The van der Waals surface area contributed by atoms with Gasteiger partial charge in [0.2, 0.25) is 0 Å². The normalized spacial score (nSPS) is 10.8. The van der Waals surface area contributed by atoms with E-state index in [1.807, 2.05) is 13.0 Å². The summed E-state index contributed by atoms with van der Waals surface area (Å²) in [6.07, 6.45) is 1.24. The van der Waals surface area contributed by atoms with Crippen molar-refractivity contribution in [1.29, 1.82) is 5.26 Å². The zero-order valence-corrected chi connectivity index (χ0v) is 13.7. The molecule has 8 heteroatoms. The van der Waals surface area contributed by atoms with Crippen LogP contribution >= 0.6 is 0 Å². The van der Waals surface area contributed by atoms with Crippen molar-refractivity contribution in [3.63, 3.8) is 0 Å². The van der Waals surface area contributed by atoms with Gasteiger partial charge in [-0.25, -0.2) is 9.78 Å². The van der Waals surface area contributed by atoms with Gasteiger partial charge in [-0.3, -0.25) is 18.7 Å². The SMILES string of the molecule is CCn1cc(C#N)c(=O)n(Cc2nc3c(C)cccc3c(=O)[nH]2)c1=O. The number of aromatic amines is 1. The molecule has 0 fully saturated rings. The summed E-state index contributed by atoms with van der Waals surface area (Å²) in [5, 5.41) is 9.53. The third-order valence-electron chi connectivity index (χ3n) is 3.99. The van der Waals surface area contributed by atoms with Crippen LogP contribution in [0.15, 0.2) is 38.8 Å². The van der Waals surface area contributed by atoms with E-state index in [0.717, 1.165) is 10.1 Å². The van der Waals surface area contributed by atoms with Gasteiger partial charge in [0.25, 0.3) is 11.1 Å². The van der Waals surface area contributed by atoms with Crippen LogP contribution in [0.1, 0.15) is 23.9 Å². The molecule has 0 bridgehead atoms. The number of aryl methyl sites for hydroxylation is 2. The number of hydrogen-bond acceptors (Lipinski definition) is 5. The molecule has 0 aliphatic rings. The molecule has 0 unspecified atom stereocenters. The fraction of sp³-hybridized carbons (Fsp3) is 0.235. The molecule has 3 rings (SSSR count). The van der Waals surface area contributed by atoms with Crippen LogP contribution < -0.4 is 16.8 Å². The number of hydrogen-bond donors (Lipinski definition) is 1. The van der Waals surface area contributed by atoms with E-state index in [0.29, 0.717) is 17.4 Å². The first-order chi connectivity index (χ1) is 12.0. The van der Waals surface area contributed by atoms with E-state index in [9.17, 15) is 14.4 Å². The van der Waals surface area contributed by atoms with Gasteiger partial charge >= 0.3 is 5.69 Å². The maximum absolute atomic E-state index is 12.4. The van der Waals surface area contributed by atoms with Crippen LogP contribution in [0.3, 0.4) is 0 Å². The van der Waals surface area contributed by atoms with Crippen molar-refractivity contribution < 1.29 is 0 Å². The number of benzene rings is 1. The predicted molar refractivity (Wildman–Crippen MR) is 91.6 cm³/mol. The molecule has 0 radical (unpaired) electrons. The molecule has 0 aliphatic heterocycles. The zero-order valence-electron chi connectivity index (χ0n) is 13.7. The third kappa shape index (κ3) is 2.76. The summed E-state index contributed by atoms with van der Waals surface area (Å²) < 4.78 is 2.18. The monoisotopic (exact) mass is 337 g/mol. The van der Waals surface area contributed by atoms with Gasteiger partial charge in [0.1, 0.15) is 17.5 Å². The highest BCUT2D eigenvalue weighted by atomic mass is 16.2. The Morgan fingerprint density at radius 1 is 1.28 bits per heavy atom. The summed E-state index contributed by atoms with van der Waals surface area (Å²) >= 11 is 0. The Kier molecular flexibility index (Phi) is 4.07. The van der Waals surface area contributed by atoms with Crippen LogP contribution in [-0.4, -0.2) is 19.1 Å². The molecule has 0 amide bonds. The molecule has 25 heavy (non-hydrogen) atoms. The first-order valence-electron chi connectivity index (χ1n) is 7.69. The Bertz CT molecular complexity index is 1190. The van der Waals surface area contributed by atoms with E-state index >= 15 is 0 Å². The summed E-state index contributed by atoms with van der Waals surface area (Å²) in [5.74, 6) is 0.184. The van der Waals surface area contributed by atoms with Crippen LogP contribution in [0, 0.1) is 18.3 Å². The van der Waals surface area contributed by atoms with Crippen molar-refractivity contribution in [1.82, 2.24) is 19.1 Å². The Labute approximate surface area is 141 Å². The summed E-state index contributed by atoms with van der Waals surface area (Å²) in [7, 11) is 0. The average Bonchev–Trinajstić information content (AvgIpc) is 2.60. The third-order valence-corrected chi connectivity index (χ3v) is 3.99. The maximum Gasteiger partial charge on any atom is 0.331 e. The van der Waals surface area contributed by atoms with Crippen LogP contribution in [0.25, 0.3) is 10.9 Å². The summed E-state index contributed by atoms with van der Waals surface area (Å²) in [6.45, 7) is 3.66. The number of fused-ring (bicyclic) bond motifs is 1. The molecule has 0 saturated carbocycles. The van der Waals surface area contributed by atoms with Crippen LogP contribution in [0.2, 0.25) is 0 Å². The predicted octanol–water partition coefficient (Wildman–Crippen LogP) is 0.495. The van der Waals surface area contributed by atoms with Crippen molar-refractivity contribution in [3.8, 4) is 6.07 Å². The van der Waals surface area contributed by atoms with Crippen molar-refractivity contribution in [2.45, 2.75) is 26.9 Å². The molecule has 2 heterocycles. The maximum atomic E-state index is 12.4. The molecule has 0 spiro atoms. The van der Waals surface area contributed by atoms with Gasteiger partial charge in [0.15, 0.2) is 0 Å².